The molecule has 4 nitrogen and oxygen atoms in total. The molecule has 0 radical (unpaired) electrons. The second kappa shape index (κ2) is 10.9. The van der Waals surface area contributed by atoms with Gasteiger partial charge in [-0.2, -0.15) is 13.2 Å². The summed E-state index contributed by atoms with van der Waals surface area (Å²) in [6, 6.07) is 21.0. The third-order valence-corrected chi connectivity index (χ3v) is 9.55. The van der Waals surface area contributed by atoms with Gasteiger partial charge in [0.2, 0.25) is 0 Å². The van der Waals surface area contributed by atoms with Gasteiger partial charge in [-0.1, -0.05) is 30.3 Å². The van der Waals surface area contributed by atoms with Gasteiger partial charge in [0.15, 0.2) is 0 Å². The molecule has 1 aromatic heterocycles. The number of thiophene rings is 1. The molecule has 0 unspecified atom stereocenters. The smallest absolute Gasteiger partial charge is 0.226 e. The van der Waals surface area contributed by atoms with Crippen molar-refractivity contribution in [2.24, 2.45) is 0 Å². The number of nitriles is 2. The van der Waals surface area contributed by atoms with E-state index in [0.29, 0.717) is 71.5 Å². The molecule has 0 saturated heterocycles. The van der Waals surface area contributed by atoms with Crippen molar-refractivity contribution in [3.8, 4) is 56.6 Å². The summed E-state index contributed by atoms with van der Waals surface area (Å²) in [6.07, 6.45) is -4.78. The van der Waals surface area contributed by atoms with Crippen LogP contribution in [0.3, 0.4) is 0 Å². The molecule has 0 saturated carbocycles. The lowest BCUT2D eigenvalue weighted by molar-refractivity contribution is -0.137. The molecule has 2 aliphatic carbocycles. The monoisotopic (exact) mass is 654 g/mol. The van der Waals surface area contributed by atoms with Gasteiger partial charge in [0.05, 0.1) is 30.8 Å². The number of rotatable bonds is 2. The highest BCUT2D eigenvalue weighted by atomic mass is 32.1. The number of benzene rings is 4. The summed E-state index contributed by atoms with van der Waals surface area (Å²) in [5, 5.41) is 20.0. The molecule has 0 N–H and O–H groups in total. The quantitative estimate of drug-likeness (QED) is 0.106. The van der Waals surface area contributed by atoms with Crippen LogP contribution in [0.4, 0.5) is 22.0 Å². The van der Waals surface area contributed by atoms with Gasteiger partial charge in [0, 0.05) is 32.0 Å². The van der Waals surface area contributed by atoms with Crippen molar-refractivity contribution < 1.29 is 22.0 Å². The first-order valence-electron chi connectivity index (χ1n) is 14.1. The maximum Gasteiger partial charge on any atom is 0.416 e. The van der Waals surface area contributed by atoms with Gasteiger partial charge < -0.3 is 0 Å². The minimum absolute atomic E-state index is 0.0299. The molecule has 4 aromatic carbocycles. The van der Waals surface area contributed by atoms with Crippen LogP contribution in [0.5, 0.6) is 0 Å². The molecule has 0 atom stereocenters. The minimum atomic E-state index is -4.78. The summed E-state index contributed by atoms with van der Waals surface area (Å²) in [5.41, 5.74) is 4.89. The van der Waals surface area contributed by atoms with E-state index in [1.165, 1.54) is 23.5 Å². The number of hydrogen-bond acceptors (Lipinski definition) is 3. The summed E-state index contributed by atoms with van der Waals surface area (Å²) in [4.78, 5) is 8.06. The highest BCUT2D eigenvalue weighted by Gasteiger charge is 2.39. The van der Waals surface area contributed by atoms with E-state index in [0.717, 1.165) is 12.1 Å². The van der Waals surface area contributed by atoms with Gasteiger partial charge >= 0.3 is 6.18 Å². The van der Waals surface area contributed by atoms with Crippen molar-refractivity contribution in [2.75, 3.05) is 0 Å². The Kier molecular flexibility index (Phi) is 6.88. The lowest BCUT2D eigenvalue weighted by Gasteiger charge is -2.12. The molecule has 0 spiro atoms. The van der Waals surface area contributed by atoms with E-state index in [1.54, 1.807) is 31.2 Å². The predicted octanol–water partition coefficient (Wildman–Crippen LogP) is 11.1. The number of hydrogen-bond donors (Lipinski definition) is 0. The van der Waals surface area contributed by atoms with Crippen molar-refractivity contribution >= 4 is 22.5 Å². The SMILES string of the molecule is [C-]#[N+]/C(C#N)=C1/c2cc(-c3cc(F)cc(C(F)(F)F)c3)ccc2-c2c1sc1c2-c2ccc(-c3cc(C)cc(F)c3)cc2/C1=C(/C#N)[N+]#[C-]. The summed E-state index contributed by atoms with van der Waals surface area (Å²) in [5.74, 6) is -1.47. The van der Waals surface area contributed by atoms with Crippen LogP contribution in [0.15, 0.2) is 84.2 Å². The molecule has 228 valence electrons. The normalized spacial score (nSPS) is 14.5. The van der Waals surface area contributed by atoms with E-state index in [1.807, 2.05) is 30.3 Å². The highest BCUT2D eigenvalue weighted by molar-refractivity contribution is 7.16. The standard InChI is InChI=1S/C38H15F5N4S/c1-18-8-21(11-24(39)9-18)19-4-6-26-28(13-19)32(30(16-44)46-2)36-34(26)35-27-7-5-20(22-10-23(38(41,42)43)15-25(40)12-22)14-29(27)33(37(35)48-36)31(17-45)47-3/h4-15H,1H3/b32-30+,33-31-. The summed E-state index contributed by atoms with van der Waals surface area (Å²) in [7, 11) is 0. The van der Waals surface area contributed by atoms with Crippen LogP contribution < -0.4 is 0 Å². The number of aryl methyl sites for hydroxylation is 1. The van der Waals surface area contributed by atoms with E-state index < -0.39 is 23.4 Å². The fourth-order valence-corrected chi connectivity index (χ4v) is 7.86. The lowest BCUT2D eigenvalue weighted by Crippen LogP contribution is -2.05. The van der Waals surface area contributed by atoms with Crippen LogP contribution in [0, 0.1) is 54.4 Å². The minimum Gasteiger partial charge on any atom is -0.226 e. The Balaban J connectivity index is 1.50. The molecule has 0 aliphatic heterocycles. The topological polar surface area (TPSA) is 56.3 Å². The fraction of sp³-hybridized carbons (Fsp3) is 0.0526. The van der Waals surface area contributed by atoms with Crippen LogP contribution in [0.25, 0.3) is 65.3 Å². The van der Waals surface area contributed by atoms with Gasteiger partial charge in [-0.05, 0) is 99.5 Å². The van der Waals surface area contributed by atoms with Crippen LogP contribution >= 0.6 is 11.3 Å². The van der Waals surface area contributed by atoms with Gasteiger partial charge in [-0.15, -0.1) is 11.3 Å². The van der Waals surface area contributed by atoms with Crippen molar-refractivity contribution in [3.63, 3.8) is 0 Å². The number of alkyl halides is 3. The van der Waals surface area contributed by atoms with E-state index >= 15 is 0 Å². The Labute approximate surface area is 274 Å². The lowest BCUT2D eigenvalue weighted by atomic mass is 9.93. The Morgan fingerprint density at radius 2 is 1.12 bits per heavy atom. The Bertz CT molecular complexity index is 2470. The van der Waals surface area contributed by atoms with Crippen LogP contribution in [-0.4, -0.2) is 0 Å². The molecular formula is C38H15F5N4S. The number of nitrogens with zero attached hydrogens (tertiary/aromatic N) is 4. The van der Waals surface area contributed by atoms with E-state index in [-0.39, 0.29) is 28.1 Å². The number of fused-ring (bicyclic) bond motifs is 7. The Hall–Kier alpha value is -6.33. The molecule has 10 heteroatoms. The third-order valence-electron chi connectivity index (χ3n) is 8.32. The average Bonchev–Trinajstić information content (AvgIpc) is 3.67. The first kappa shape index (κ1) is 30.3. The van der Waals surface area contributed by atoms with Crippen molar-refractivity contribution in [1.29, 1.82) is 10.5 Å². The first-order valence-corrected chi connectivity index (χ1v) is 15.0. The van der Waals surface area contributed by atoms with Gasteiger partial charge in [0.25, 0.3) is 11.4 Å². The van der Waals surface area contributed by atoms with Gasteiger partial charge in [-0.3, -0.25) is 0 Å². The van der Waals surface area contributed by atoms with Crippen molar-refractivity contribution in [1.82, 2.24) is 0 Å². The van der Waals surface area contributed by atoms with E-state index in [9.17, 15) is 32.5 Å². The van der Waals surface area contributed by atoms with E-state index in [4.69, 9.17) is 13.1 Å². The first-order chi connectivity index (χ1) is 23.0. The van der Waals surface area contributed by atoms with Crippen molar-refractivity contribution in [2.45, 2.75) is 13.1 Å². The zero-order valence-electron chi connectivity index (χ0n) is 24.5. The molecule has 5 aromatic rings. The molecule has 1 heterocycles. The molecule has 0 fully saturated rings. The fourth-order valence-electron chi connectivity index (χ4n) is 6.41. The Morgan fingerprint density at radius 3 is 1.56 bits per heavy atom. The van der Waals surface area contributed by atoms with Crippen LogP contribution in [0.2, 0.25) is 0 Å². The maximum atomic E-state index is 14.4. The summed E-state index contributed by atoms with van der Waals surface area (Å²) < 4.78 is 69.3. The molecular weight excluding hydrogens is 640 g/mol. The molecule has 7 rings (SSSR count). The Morgan fingerprint density at radius 1 is 0.646 bits per heavy atom. The number of allylic oxidation sites excluding steroid dienone is 2. The summed E-state index contributed by atoms with van der Waals surface area (Å²) >= 11 is 1.20. The maximum absolute atomic E-state index is 14.4. The largest absolute Gasteiger partial charge is 0.416 e. The molecule has 0 bridgehead atoms. The molecule has 0 amide bonds. The van der Waals surface area contributed by atoms with Gasteiger partial charge in [0.1, 0.15) is 11.6 Å². The molecule has 2 aliphatic rings. The zero-order valence-corrected chi connectivity index (χ0v) is 25.3. The highest BCUT2D eigenvalue weighted by Crippen LogP contribution is 2.62. The average molecular weight is 655 g/mol. The van der Waals surface area contributed by atoms with Crippen LogP contribution in [-0.2, 0) is 6.18 Å². The molecule has 48 heavy (non-hydrogen) atoms. The predicted molar refractivity (Wildman–Crippen MR) is 172 cm³/mol. The third kappa shape index (κ3) is 4.59. The van der Waals surface area contributed by atoms with Gasteiger partial charge in [-0.25, -0.2) is 29.0 Å². The second-order valence-electron chi connectivity index (χ2n) is 11.2. The van der Waals surface area contributed by atoms with Crippen LogP contribution in [0.1, 0.15) is 32.0 Å². The zero-order chi connectivity index (χ0) is 34.1. The summed E-state index contributed by atoms with van der Waals surface area (Å²) in [6.45, 7) is 17.3. The van der Waals surface area contributed by atoms with Crippen molar-refractivity contribution in [3.05, 3.63) is 151 Å². The number of halogens is 5. The second-order valence-corrected chi connectivity index (χ2v) is 12.2. The van der Waals surface area contributed by atoms with E-state index in [2.05, 4.69) is 9.69 Å².